The Kier molecular flexibility index (Phi) is 2.90. The van der Waals surface area contributed by atoms with Crippen molar-refractivity contribution in [3.8, 4) is 0 Å². The van der Waals surface area contributed by atoms with Gasteiger partial charge < -0.3 is 10.2 Å². The highest BCUT2D eigenvalue weighted by Crippen LogP contribution is 2.10. The summed E-state index contributed by atoms with van der Waals surface area (Å²) in [5.74, 6) is -4.81. The van der Waals surface area contributed by atoms with Crippen molar-refractivity contribution in [1.29, 1.82) is 0 Å². The molecule has 0 unspecified atom stereocenters. The fraction of sp³-hybridized carbons (Fsp3) is 0.273. The van der Waals surface area contributed by atoms with Gasteiger partial charge in [0.15, 0.2) is 5.92 Å². The molecule has 0 amide bonds. The largest absolute Gasteiger partial charge is 0.481 e. The van der Waals surface area contributed by atoms with Crippen molar-refractivity contribution in [2.45, 2.75) is 12.8 Å². The highest BCUT2D eigenvalue weighted by atomic mass is 16.4. The Morgan fingerprint density at radius 2 is 1.73 bits per heavy atom. The Bertz CT molecular complexity index is 403. The first-order chi connectivity index (χ1) is 7.84. The predicted octanol–water partition coefficient (Wildman–Crippen LogP) is 1.40. The molecule has 0 aliphatic carbocycles. The Morgan fingerprint density at radius 3 is 2.20 bits per heavy atom. The van der Waals surface area contributed by atoms with Gasteiger partial charge in [-0.2, -0.15) is 0 Å². The average Bonchev–Trinajstić information content (AvgIpc) is 2.26. The number of hydrogen-bond acceptors (Lipinski definition) is 2. The topological polar surface area (TPSA) is 74.6 Å². The third-order valence-corrected chi connectivity index (χ3v) is 1.88. The van der Waals surface area contributed by atoms with Crippen molar-refractivity contribution in [3.05, 3.63) is 35.9 Å². The second-order valence-electron chi connectivity index (χ2n) is 2.98. The highest BCUT2D eigenvalue weighted by molar-refractivity contribution is 5.92. The van der Waals surface area contributed by atoms with E-state index in [1.807, 2.05) is 0 Å². The fourth-order valence-electron chi connectivity index (χ4n) is 1.06. The normalized spacial score (nSPS) is 13.1. The smallest absolute Gasteiger partial charge is 0.317 e. The number of carboxylic acid groups (broad SMARTS) is 2. The molecule has 0 heterocycles. The molecule has 0 aliphatic rings. The fourth-order valence-corrected chi connectivity index (χ4v) is 1.06. The van der Waals surface area contributed by atoms with Crippen LogP contribution in [0.15, 0.2) is 30.3 Å². The molecule has 0 spiro atoms. The van der Waals surface area contributed by atoms with Gasteiger partial charge in [0.1, 0.15) is 0 Å². The van der Waals surface area contributed by atoms with Crippen LogP contribution in [0.2, 0.25) is 0 Å². The lowest BCUT2D eigenvalue weighted by Gasteiger charge is -2.06. The molecule has 0 saturated carbocycles. The van der Waals surface area contributed by atoms with Gasteiger partial charge in [0.25, 0.3) is 0 Å². The van der Waals surface area contributed by atoms with Gasteiger partial charge in [0.05, 0.1) is 0 Å². The Balaban J connectivity index is 2.92. The first-order valence-corrected chi connectivity index (χ1v) is 4.36. The van der Waals surface area contributed by atoms with E-state index in [0.717, 1.165) is 0 Å². The van der Waals surface area contributed by atoms with Crippen molar-refractivity contribution < 1.29 is 22.5 Å². The van der Waals surface area contributed by atoms with E-state index < -0.39 is 30.7 Å². The summed E-state index contributed by atoms with van der Waals surface area (Å²) in [4.78, 5) is 21.4. The lowest BCUT2D eigenvalue weighted by atomic mass is 10.00. The Labute approximate surface area is 90.0 Å². The van der Waals surface area contributed by atoms with Crippen LogP contribution >= 0.6 is 0 Å². The number of aliphatic carboxylic acids is 2. The molecule has 0 saturated heterocycles. The van der Waals surface area contributed by atoms with E-state index in [2.05, 4.69) is 0 Å². The molecule has 1 rings (SSSR count). The van der Waals surface area contributed by atoms with E-state index in [4.69, 9.17) is 13.0 Å². The van der Waals surface area contributed by atoms with Crippen LogP contribution in [0.4, 0.5) is 0 Å². The molecule has 4 nitrogen and oxygen atoms in total. The molecule has 0 fully saturated rings. The summed E-state index contributed by atoms with van der Waals surface area (Å²) in [5, 5.41) is 17.4. The van der Waals surface area contributed by atoms with E-state index in [1.54, 1.807) is 18.2 Å². The lowest BCUT2D eigenvalue weighted by molar-refractivity contribution is -0.154. The maximum absolute atomic E-state index is 10.7. The molecule has 1 aromatic rings. The molecule has 0 bridgehead atoms. The van der Waals surface area contributed by atoms with E-state index in [9.17, 15) is 9.59 Å². The second kappa shape index (κ2) is 5.14. The van der Waals surface area contributed by atoms with Gasteiger partial charge in [-0.05, 0) is 18.4 Å². The molecular weight excluding hydrogens is 196 g/mol. The summed E-state index contributed by atoms with van der Waals surface area (Å²) in [6.07, 6.45) is -2.58. The summed E-state index contributed by atoms with van der Waals surface area (Å²) in [5.41, 5.74) is 0.271. The van der Waals surface area contributed by atoms with Gasteiger partial charge in [0.2, 0.25) is 0 Å². The van der Waals surface area contributed by atoms with E-state index in [-0.39, 0.29) is 5.56 Å². The van der Waals surface area contributed by atoms with Crippen LogP contribution in [-0.2, 0) is 16.0 Å². The van der Waals surface area contributed by atoms with Gasteiger partial charge in [0, 0.05) is 2.74 Å². The average molecular weight is 210 g/mol. The molecule has 2 N–H and O–H groups in total. The number of hydrogen-bond donors (Lipinski definition) is 2. The molecule has 15 heavy (non-hydrogen) atoms. The van der Waals surface area contributed by atoms with Crippen LogP contribution in [0.25, 0.3) is 0 Å². The van der Waals surface area contributed by atoms with Gasteiger partial charge in [-0.15, -0.1) is 0 Å². The molecule has 1 aromatic carbocycles. The molecule has 80 valence electrons. The zero-order valence-corrected chi connectivity index (χ0v) is 7.88. The van der Waals surface area contributed by atoms with Crippen LogP contribution < -0.4 is 0 Å². The van der Waals surface area contributed by atoms with Gasteiger partial charge in [-0.1, -0.05) is 30.3 Å². The van der Waals surface area contributed by atoms with Crippen molar-refractivity contribution in [3.63, 3.8) is 0 Å². The molecular formula is C11H12O4. The first kappa shape index (κ1) is 8.47. The zero-order chi connectivity index (χ0) is 13.1. The van der Waals surface area contributed by atoms with Crippen LogP contribution in [0.3, 0.4) is 0 Å². The molecule has 4 heteroatoms. The minimum atomic E-state index is -1.98. The number of carboxylic acids is 2. The van der Waals surface area contributed by atoms with E-state index in [1.165, 1.54) is 12.1 Å². The van der Waals surface area contributed by atoms with Crippen molar-refractivity contribution in [2.24, 2.45) is 5.92 Å². The standard InChI is InChI=1S/C11H12O4/c12-10(13)9(11(14)15)7-6-8-4-2-1-3-5-8/h1-5,9H,6-7H2,(H,12,13)(H,14,15)/i6D2. The van der Waals surface area contributed by atoms with Crippen LogP contribution in [0.1, 0.15) is 14.7 Å². The maximum atomic E-state index is 10.7. The van der Waals surface area contributed by atoms with Crippen LogP contribution in [0.5, 0.6) is 0 Å². The van der Waals surface area contributed by atoms with Gasteiger partial charge >= 0.3 is 11.9 Å². The summed E-state index contributed by atoms with van der Waals surface area (Å²) in [6, 6.07) is 7.93. The maximum Gasteiger partial charge on any atom is 0.317 e. The highest BCUT2D eigenvalue weighted by Gasteiger charge is 2.24. The quantitative estimate of drug-likeness (QED) is 0.720. The first-order valence-electron chi connectivity index (χ1n) is 5.36. The SMILES string of the molecule is [2H]C([2H])(CC(C(=O)O)C(=O)O)c1ccccc1. The second-order valence-corrected chi connectivity index (χ2v) is 2.98. The van der Waals surface area contributed by atoms with Crippen LogP contribution in [-0.4, -0.2) is 22.2 Å². The molecule has 0 aliphatic heterocycles. The minimum Gasteiger partial charge on any atom is -0.481 e. The van der Waals surface area contributed by atoms with Gasteiger partial charge in [-0.3, -0.25) is 9.59 Å². The third-order valence-electron chi connectivity index (χ3n) is 1.88. The lowest BCUT2D eigenvalue weighted by Crippen LogP contribution is -2.23. The number of aryl methyl sites for hydroxylation is 1. The molecule has 0 aromatic heterocycles. The van der Waals surface area contributed by atoms with Crippen molar-refractivity contribution in [1.82, 2.24) is 0 Å². The molecule has 0 atom stereocenters. The van der Waals surface area contributed by atoms with Gasteiger partial charge in [-0.25, -0.2) is 0 Å². The summed E-state index contributed by atoms with van der Waals surface area (Å²) in [7, 11) is 0. The third kappa shape index (κ3) is 3.42. The molecule has 0 radical (unpaired) electrons. The predicted molar refractivity (Wildman–Crippen MR) is 53.5 cm³/mol. The monoisotopic (exact) mass is 210 g/mol. The summed E-state index contributed by atoms with van der Waals surface area (Å²) >= 11 is 0. The number of carbonyl (C=O) groups is 2. The number of rotatable bonds is 5. The van der Waals surface area contributed by atoms with E-state index >= 15 is 0 Å². The summed E-state index contributed by atoms with van der Waals surface area (Å²) in [6.45, 7) is 0. The van der Waals surface area contributed by atoms with Crippen LogP contribution in [0, 0.1) is 5.92 Å². The Hall–Kier alpha value is -1.84. The zero-order valence-electron chi connectivity index (χ0n) is 9.88. The van der Waals surface area contributed by atoms with Crippen molar-refractivity contribution in [2.75, 3.05) is 0 Å². The Morgan fingerprint density at radius 1 is 1.20 bits per heavy atom. The minimum absolute atomic E-state index is 0.271. The summed E-state index contributed by atoms with van der Waals surface area (Å²) < 4.78 is 15.4. The van der Waals surface area contributed by atoms with Crippen molar-refractivity contribution >= 4 is 11.9 Å². The van der Waals surface area contributed by atoms with E-state index in [0.29, 0.717) is 0 Å². The number of benzene rings is 1.